The normalized spacial score (nSPS) is 25.0. The monoisotopic (exact) mass is 1090 g/mol. The highest BCUT2D eigenvalue weighted by atomic mass is 28.3. The van der Waals surface area contributed by atoms with Crippen molar-refractivity contribution in [3.8, 4) is 0 Å². The Hall–Kier alpha value is -6.62. The van der Waals surface area contributed by atoms with Gasteiger partial charge >= 0.3 is 0 Å². The second-order valence-corrected chi connectivity index (χ2v) is 26.8. The van der Waals surface area contributed by atoms with Crippen LogP contribution in [-0.2, 0) is 64.3 Å². The number of hydrogen-bond donors (Lipinski definition) is 3. The molecule has 4 heterocycles. The van der Waals surface area contributed by atoms with E-state index in [2.05, 4.69) is 30.5 Å². The molecule has 0 bridgehead atoms. The summed E-state index contributed by atoms with van der Waals surface area (Å²) in [5.41, 5.74) is 10.5. The fraction of sp³-hybridized carbons (Fsp3) is 0.344. The summed E-state index contributed by atoms with van der Waals surface area (Å²) in [5, 5.41) is 14.4. The van der Waals surface area contributed by atoms with Crippen LogP contribution in [0.2, 0.25) is 25.7 Å². The molecule has 6 aromatic carbocycles. The Morgan fingerprint density at radius 2 is 0.823 bits per heavy atom. The molecule has 0 aromatic heterocycles. The van der Waals surface area contributed by atoms with Crippen molar-refractivity contribution in [2.75, 3.05) is 19.8 Å². The van der Waals surface area contributed by atoms with E-state index in [0.717, 1.165) is 38.3 Å². The van der Waals surface area contributed by atoms with Crippen LogP contribution in [0.4, 0.5) is 0 Å². The lowest BCUT2D eigenvalue weighted by molar-refractivity contribution is -0.345. The number of rotatable bonds is 24. The molecular formula is C61H66N4O13Si. The summed E-state index contributed by atoms with van der Waals surface area (Å²) in [6, 6.07) is 49.4. The number of ether oxygens (including phenoxy) is 8. The number of benzene rings is 6. The SMILES string of the molecule is C[Si](C)(C)CCO[C@@H]1O[C@H](COCc2ccccc2)[C@@H](O[C@@H]2O[C@H](COCc3ccccc3)[C@@H](O)[C@H](OCc3ccccc3)[C@H]2NN2C(=O)c3ccccc3C2=O)[C@H](OCc2ccccc2)[C@H]1NN1C(=O)c2ccccc2C1=O. The fourth-order valence-corrected chi connectivity index (χ4v) is 10.7. The molecule has 4 amide bonds. The summed E-state index contributed by atoms with van der Waals surface area (Å²) < 4.78 is 54.6. The van der Waals surface area contributed by atoms with Gasteiger partial charge in [-0.25, -0.2) is 20.9 Å². The van der Waals surface area contributed by atoms with Gasteiger partial charge in [-0.2, -0.15) is 0 Å². The molecule has 4 aliphatic rings. The number of nitrogens with one attached hydrogen (secondary N) is 2. The molecule has 0 saturated carbocycles. The van der Waals surface area contributed by atoms with E-state index in [1.807, 2.05) is 121 Å². The van der Waals surface area contributed by atoms with Crippen LogP contribution >= 0.6 is 0 Å². The Balaban J connectivity index is 1.07. The number of carbonyl (C=O) groups is 4. The minimum absolute atomic E-state index is 0.00119. The van der Waals surface area contributed by atoms with Gasteiger partial charge in [-0.1, -0.05) is 165 Å². The van der Waals surface area contributed by atoms with E-state index in [1.165, 1.54) is 0 Å². The predicted molar refractivity (Wildman–Crippen MR) is 292 cm³/mol. The number of carbonyl (C=O) groups excluding carboxylic acids is 4. The van der Waals surface area contributed by atoms with Gasteiger partial charge < -0.3 is 43.0 Å². The number of imide groups is 2. The van der Waals surface area contributed by atoms with Gasteiger partial charge in [0.15, 0.2) is 12.6 Å². The van der Waals surface area contributed by atoms with E-state index < -0.39 is 93.0 Å². The standard InChI is InChI=1S/C61H66N4O13Si/c1-79(2,3)33-32-73-60-51(63-65-58(69)46-30-18-19-31-47(46)59(65)70)55(75-37-43-26-14-7-15-27-43)53(49(77-60)39-72-35-41-22-10-5-11-23-41)78-61-50(62-64-56(67)44-28-16-17-29-45(44)57(64)68)54(74-36-42-24-12-6-13-25-42)52(66)48(76-61)38-71-34-40-20-8-4-9-21-40/h4-31,48-55,60-63,66H,32-39H2,1-3H3/t48-,49-,50-,51-,52-,53-,54-,55-,60-,61+/m1/s1. The van der Waals surface area contributed by atoms with Crippen LogP contribution in [0.25, 0.3) is 0 Å². The predicted octanol–water partition coefficient (Wildman–Crippen LogP) is 7.48. The minimum atomic E-state index is -1.71. The first-order chi connectivity index (χ1) is 38.4. The maximum absolute atomic E-state index is 14.3. The lowest BCUT2D eigenvalue weighted by Gasteiger charge is -2.50. The highest BCUT2D eigenvalue weighted by Gasteiger charge is 2.56. The van der Waals surface area contributed by atoms with Crippen molar-refractivity contribution in [3.05, 3.63) is 214 Å². The number of aliphatic hydroxyl groups is 1. The average molecular weight is 1090 g/mol. The molecule has 0 aliphatic carbocycles. The third-order valence-electron chi connectivity index (χ3n) is 14.2. The highest BCUT2D eigenvalue weighted by Crippen LogP contribution is 2.36. The summed E-state index contributed by atoms with van der Waals surface area (Å²) in [6.07, 6.45) is -9.92. The van der Waals surface area contributed by atoms with Crippen LogP contribution < -0.4 is 10.9 Å². The van der Waals surface area contributed by atoms with E-state index in [0.29, 0.717) is 0 Å². The number of amides is 4. The van der Waals surface area contributed by atoms with Crippen LogP contribution in [0, 0.1) is 0 Å². The maximum atomic E-state index is 14.3. The molecule has 2 saturated heterocycles. The topological polar surface area (TPSA) is 193 Å². The van der Waals surface area contributed by atoms with Crippen LogP contribution in [-0.4, -0.2) is 128 Å². The summed E-state index contributed by atoms with van der Waals surface area (Å²) in [4.78, 5) is 57.1. The van der Waals surface area contributed by atoms with Crippen molar-refractivity contribution in [1.82, 2.24) is 20.9 Å². The first-order valence-electron chi connectivity index (χ1n) is 26.7. The van der Waals surface area contributed by atoms with Gasteiger partial charge in [0.25, 0.3) is 23.6 Å². The molecule has 0 unspecified atom stereocenters. The molecule has 2 fully saturated rings. The van der Waals surface area contributed by atoms with Gasteiger partial charge in [-0.05, 0) is 52.6 Å². The van der Waals surface area contributed by atoms with E-state index >= 15 is 0 Å². The first-order valence-corrected chi connectivity index (χ1v) is 30.4. The van der Waals surface area contributed by atoms with Crippen molar-refractivity contribution in [2.24, 2.45) is 0 Å². The Bertz CT molecular complexity index is 2940. The van der Waals surface area contributed by atoms with E-state index in [4.69, 9.17) is 37.9 Å². The fourth-order valence-electron chi connectivity index (χ4n) is 10.0. The quantitative estimate of drug-likeness (QED) is 0.0399. The van der Waals surface area contributed by atoms with Gasteiger partial charge in [0.1, 0.15) is 48.7 Å². The zero-order chi connectivity index (χ0) is 54.9. The minimum Gasteiger partial charge on any atom is -0.388 e. The number of aliphatic hydroxyl groups excluding tert-OH is 1. The average Bonchev–Trinajstić information content (AvgIpc) is 3.88. The van der Waals surface area contributed by atoms with E-state index in [-0.39, 0.29) is 68.5 Å². The number of hydrogen-bond acceptors (Lipinski definition) is 15. The first kappa shape index (κ1) is 55.7. The van der Waals surface area contributed by atoms with Gasteiger partial charge in [0.2, 0.25) is 0 Å². The zero-order valence-corrected chi connectivity index (χ0v) is 45.3. The lowest BCUT2D eigenvalue weighted by atomic mass is 9.94. The molecule has 79 heavy (non-hydrogen) atoms. The van der Waals surface area contributed by atoms with Crippen LogP contribution in [0.1, 0.15) is 63.7 Å². The molecule has 3 N–H and O–H groups in total. The van der Waals surface area contributed by atoms with Crippen LogP contribution in [0.15, 0.2) is 170 Å². The Kier molecular flexibility index (Phi) is 18.1. The van der Waals surface area contributed by atoms with Gasteiger partial charge in [-0.3, -0.25) is 19.2 Å². The number of fused-ring (bicyclic) bond motifs is 2. The van der Waals surface area contributed by atoms with E-state index in [1.54, 1.807) is 48.5 Å². The molecule has 0 spiro atoms. The largest absolute Gasteiger partial charge is 0.388 e. The van der Waals surface area contributed by atoms with Crippen molar-refractivity contribution in [3.63, 3.8) is 0 Å². The smallest absolute Gasteiger partial charge is 0.276 e. The van der Waals surface area contributed by atoms with Crippen molar-refractivity contribution in [1.29, 1.82) is 0 Å². The Morgan fingerprint density at radius 1 is 0.456 bits per heavy atom. The molecule has 4 aliphatic heterocycles. The lowest BCUT2D eigenvalue weighted by Crippen LogP contribution is -2.71. The van der Waals surface area contributed by atoms with E-state index in [9.17, 15) is 24.3 Å². The van der Waals surface area contributed by atoms with Gasteiger partial charge in [0, 0.05) is 14.7 Å². The Morgan fingerprint density at radius 3 is 1.25 bits per heavy atom. The second-order valence-electron chi connectivity index (χ2n) is 21.2. The van der Waals surface area contributed by atoms with Crippen molar-refractivity contribution >= 4 is 31.7 Å². The summed E-state index contributed by atoms with van der Waals surface area (Å²) in [5.74, 6) is -2.43. The van der Waals surface area contributed by atoms with Crippen molar-refractivity contribution in [2.45, 2.75) is 113 Å². The molecule has 10 atom stereocenters. The van der Waals surface area contributed by atoms with Gasteiger partial charge in [0.05, 0.1) is 61.9 Å². The molecule has 6 aromatic rings. The molecule has 10 rings (SSSR count). The summed E-state index contributed by atoms with van der Waals surface area (Å²) in [6.45, 7) is 7.11. The molecule has 17 nitrogen and oxygen atoms in total. The Labute approximate surface area is 460 Å². The summed E-state index contributed by atoms with van der Waals surface area (Å²) in [7, 11) is -1.71. The van der Waals surface area contributed by atoms with Crippen molar-refractivity contribution < 1.29 is 62.2 Å². The highest BCUT2D eigenvalue weighted by molar-refractivity contribution is 6.76. The number of hydrazine groups is 2. The molecule has 412 valence electrons. The molecule has 18 heteroatoms. The van der Waals surface area contributed by atoms with Gasteiger partial charge in [-0.15, -0.1) is 0 Å². The third kappa shape index (κ3) is 13.4. The number of nitrogens with zero attached hydrogens (tertiary/aromatic N) is 2. The zero-order valence-electron chi connectivity index (χ0n) is 44.3. The molecule has 0 radical (unpaired) electrons. The third-order valence-corrected chi connectivity index (χ3v) is 16.0. The second kappa shape index (κ2) is 25.7. The summed E-state index contributed by atoms with van der Waals surface area (Å²) >= 11 is 0. The molecular weight excluding hydrogens is 1020 g/mol. The van der Waals surface area contributed by atoms with Crippen LogP contribution in [0.3, 0.4) is 0 Å². The van der Waals surface area contributed by atoms with Crippen LogP contribution in [0.5, 0.6) is 0 Å². The maximum Gasteiger partial charge on any atom is 0.276 e.